The molecule has 1 aliphatic rings. The van der Waals surface area contributed by atoms with Gasteiger partial charge < -0.3 is 9.80 Å². The molecule has 106 valence electrons. The third kappa shape index (κ3) is 3.37. The topological polar surface area (TPSA) is 83.2 Å². The first kappa shape index (κ1) is 13.7. The van der Waals surface area contributed by atoms with Crippen LogP contribution in [0.2, 0.25) is 0 Å². The minimum atomic E-state index is -2.45. The molecule has 1 aliphatic heterocycles. The van der Waals surface area contributed by atoms with E-state index in [1.165, 1.54) is 11.9 Å². The highest BCUT2D eigenvalue weighted by Gasteiger charge is 2.19. The Hall–Kier alpha value is -1.77. The molecule has 1 aromatic heterocycles. The summed E-state index contributed by atoms with van der Waals surface area (Å²) in [6.07, 6.45) is -0.315. The fourth-order valence-corrected chi connectivity index (χ4v) is 1.94. The molecule has 0 saturated carbocycles. The van der Waals surface area contributed by atoms with Crippen molar-refractivity contribution >= 4 is 17.8 Å². The summed E-state index contributed by atoms with van der Waals surface area (Å²) >= 11 is 0. The zero-order chi connectivity index (χ0) is 13.8. The quantitative estimate of drug-likeness (QED) is 0.595. The highest BCUT2D eigenvalue weighted by atomic mass is 19.3. The zero-order valence-electron chi connectivity index (χ0n) is 10.7. The van der Waals surface area contributed by atoms with E-state index in [1.54, 1.807) is 0 Å². The van der Waals surface area contributed by atoms with Gasteiger partial charge in [0.25, 0.3) is 6.43 Å². The van der Waals surface area contributed by atoms with Crippen molar-refractivity contribution in [1.82, 2.24) is 15.0 Å². The summed E-state index contributed by atoms with van der Waals surface area (Å²) in [5, 5.41) is 0. The van der Waals surface area contributed by atoms with E-state index < -0.39 is 13.0 Å². The molecule has 19 heavy (non-hydrogen) atoms. The number of nitrogens with two attached hydrogens (primary N) is 1. The van der Waals surface area contributed by atoms with Crippen molar-refractivity contribution in [3.05, 3.63) is 0 Å². The highest BCUT2D eigenvalue weighted by Crippen LogP contribution is 2.19. The van der Waals surface area contributed by atoms with Crippen LogP contribution in [0, 0.1) is 0 Å². The standard InChI is InChI=1S/C10H17F2N7/c1-18(6-7(11)12)9-14-8(17-13)15-10(16-9)19-4-2-3-5-19/h7H,2-6,13H2,1H3,(H,14,15,16,17). The first-order valence-electron chi connectivity index (χ1n) is 6.07. The van der Waals surface area contributed by atoms with Crippen molar-refractivity contribution in [3.8, 4) is 0 Å². The van der Waals surface area contributed by atoms with Crippen LogP contribution in [0.1, 0.15) is 12.8 Å². The molecule has 1 aromatic rings. The molecule has 0 spiro atoms. The molecule has 1 fully saturated rings. The van der Waals surface area contributed by atoms with Gasteiger partial charge in [0.15, 0.2) is 0 Å². The van der Waals surface area contributed by atoms with Crippen LogP contribution in [0.5, 0.6) is 0 Å². The van der Waals surface area contributed by atoms with Gasteiger partial charge >= 0.3 is 0 Å². The molecule has 0 aromatic carbocycles. The fourth-order valence-electron chi connectivity index (χ4n) is 1.94. The van der Waals surface area contributed by atoms with Gasteiger partial charge in [0, 0.05) is 20.1 Å². The van der Waals surface area contributed by atoms with Crippen LogP contribution in [0.25, 0.3) is 0 Å². The molecule has 0 aliphatic carbocycles. The van der Waals surface area contributed by atoms with Crippen molar-refractivity contribution in [1.29, 1.82) is 0 Å². The number of halogens is 2. The van der Waals surface area contributed by atoms with Gasteiger partial charge in [-0.3, -0.25) is 5.43 Å². The summed E-state index contributed by atoms with van der Waals surface area (Å²) < 4.78 is 24.8. The van der Waals surface area contributed by atoms with Gasteiger partial charge in [-0.1, -0.05) is 0 Å². The van der Waals surface area contributed by atoms with Gasteiger partial charge in [0.1, 0.15) is 0 Å². The molecule has 0 bridgehead atoms. The molecule has 0 amide bonds. The first-order valence-corrected chi connectivity index (χ1v) is 6.07. The van der Waals surface area contributed by atoms with Crippen LogP contribution in [0.15, 0.2) is 0 Å². The summed E-state index contributed by atoms with van der Waals surface area (Å²) in [6.45, 7) is 1.27. The SMILES string of the molecule is CN(CC(F)F)c1nc(NN)nc(N2CCCC2)n1. The molecule has 2 rings (SSSR count). The number of hydrogen-bond donors (Lipinski definition) is 2. The summed E-state index contributed by atoms with van der Waals surface area (Å²) in [7, 11) is 1.51. The summed E-state index contributed by atoms with van der Waals surface area (Å²) in [6, 6.07) is 0. The Morgan fingerprint density at radius 1 is 1.32 bits per heavy atom. The number of nitrogens with one attached hydrogen (secondary N) is 1. The van der Waals surface area contributed by atoms with E-state index in [2.05, 4.69) is 20.4 Å². The summed E-state index contributed by atoms with van der Waals surface area (Å²) in [5.41, 5.74) is 2.34. The number of hydrazine groups is 1. The molecule has 7 nitrogen and oxygen atoms in total. The lowest BCUT2D eigenvalue weighted by Gasteiger charge is -2.20. The van der Waals surface area contributed by atoms with E-state index in [1.807, 2.05) is 4.90 Å². The third-order valence-electron chi connectivity index (χ3n) is 2.88. The van der Waals surface area contributed by atoms with Crippen LogP contribution < -0.4 is 21.1 Å². The molecular formula is C10H17F2N7. The lowest BCUT2D eigenvalue weighted by Crippen LogP contribution is -2.29. The molecule has 0 unspecified atom stereocenters. The maximum atomic E-state index is 12.4. The third-order valence-corrected chi connectivity index (χ3v) is 2.88. The summed E-state index contributed by atoms with van der Waals surface area (Å²) in [5.74, 6) is 6.13. The number of nitrogen functional groups attached to an aromatic ring is 1. The molecule has 3 N–H and O–H groups in total. The second-order valence-corrected chi connectivity index (χ2v) is 4.37. The van der Waals surface area contributed by atoms with E-state index >= 15 is 0 Å². The Morgan fingerprint density at radius 2 is 2.00 bits per heavy atom. The number of nitrogens with zero attached hydrogens (tertiary/aromatic N) is 5. The zero-order valence-corrected chi connectivity index (χ0v) is 10.7. The lowest BCUT2D eigenvalue weighted by atomic mass is 10.4. The van der Waals surface area contributed by atoms with Crippen molar-refractivity contribution in [2.45, 2.75) is 19.3 Å². The van der Waals surface area contributed by atoms with Gasteiger partial charge in [0.2, 0.25) is 17.8 Å². The first-order chi connectivity index (χ1) is 9.10. The van der Waals surface area contributed by atoms with Gasteiger partial charge in [-0.05, 0) is 12.8 Å². The van der Waals surface area contributed by atoms with Crippen molar-refractivity contribution in [3.63, 3.8) is 0 Å². The smallest absolute Gasteiger partial charge is 0.255 e. The maximum absolute atomic E-state index is 12.4. The van der Waals surface area contributed by atoms with Crippen molar-refractivity contribution in [2.24, 2.45) is 5.84 Å². The van der Waals surface area contributed by atoms with Gasteiger partial charge in [0.05, 0.1) is 6.54 Å². The number of aromatic nitrogens is 3. The van der Waals surface area contributed by atoms with Gasteiger partial charge in [-0.25, -0.2) is 14.6 Å². The Labute approximate surface area is 109 Å². The van der Waals surface area contributed by atoms with Crippen LogP contribution in [-0.2, 0) is 0 Å². The van der Waals surface area contributed by atoms with Crippen LogP contribution in [-0.4, -0.2) is 48.1 Å². The molecule has 2 heterocycles. The van der Waals surface area contributed by atoms with Crippen LogP contribution in [0.4, 0.5) is 26.6 Å². The Bertz CT molecular complexity index is 422. The lowest BCUT2D eigenvalue weighted by molar-refractivity contribution is 0.156. The van der Waals surface area contributed by atoms with Crippen molar-refractivity contribution < 1.29 is 8.78 Å². The van der Waals surface area contributed by atoms with Crippen LogP contribution in [0.3, 0.4) is 0 Å². The Balaban J connectivity index is 2.24. The number of alkyl halides is 2. The van der Waals surface area contributed by atoms with Gasteiger partial charge in [-0.2, -0.15) is 15.0 Å². The van der Waals surface area contributed by atoms with Crippen molar-refractivity contribution in [2.75, 3.05) is 41.9 Å². The van der Waals surface area contributed by atoms with E-state index in [0.717, 1.165) is 25.9 Å². The average Bonchev–Trinajstić information content (AvgIpc) is 2.91. The highest BCUT2D eigenvalue weighted by molar-refractivity contribution is 5.44. The predicted octanol–water partition coefficient (Wildman–Crippen LogP) is 0.459. The molecule has 9 heteroatoms. The molecular weight excluding hydrogens is 256 g/mol. The molecule has 1 saturated heterocycles. The van der Waals surface area contributed by atoms with E-state index in [9.17, 15) is 8.78 Å². The van der Waals surface area contributed by atoms with Crippen LogP contribution >= 0.6 is 0 Å². The largest absolute Gasteiger partial charge is 0.341 e. The number of hydrogen-bond acceptors (Lipinski definition) is 7. The summed E-state index contributed by atoms with van der Waals surface area (Å²) in [4.78, 5) is 15.6. The average molecular weight is 273 g/mol. The second-order valence-electron chi connectivity index (χ2n) is 4.37. The van der Waals surface area contributed by atoms with E-state index in [0.29, 0.717) is 5.95 Å². The monoisotopic (exact) mass is 273 g/mol. The minimum Gasteiger partial charge on any atom is -0.341 e. The molecule has 0 radical (unpaired) electrons. The second kappa shape index (κ2) is 5.91. The fraction of sp³-hybridized carbons (Fsp3) is 0.700. The predicted molar refractivity (Wildman–Crippen MR) is 68.4 cm³/mol. The van der Waals surface area contributed by atoms with E-state index in [-0.39, 0.29) is 11.9 Å². The minimum absolute atomic E-state index is 0.174. The normalized spacial score (nSPS) is 15.1. The molecule has 0 atom stereocenters. The van der Waals surface area contributed by atoms with E-state index in [4.69, 9.17) is 5.84 Å². The van der Waals surface area contributed by atoms with Gasteiger partial charge in [-0.15, -0.1) is 0 Å². The number of rotatable bonds is 5. The number of anilines is 3. The Morgan fingerprint density at radius 3 is 2.58 bits per heavy atom. The maximum Gasteiger partial charge on any atom is 0.255 e. The Kier molecular flexibility index (Phi) is 4.25.